The Balaban J connectivity index is 1.59. The maximum atomic E-state index is 12.8. The first kappa shape index (κ1) is 17.3. The fourth-order valence-corrected chi connectivity index (χ4v) is 2.67. The minimum atomic E-state index is -0.473. The Bertz CT molecular complexity index is 1140. The van der Waals surface area contributed by atoms with E-state index in [2.05, 4.69) is 20.8 Å². The predicted molar refractivity (Wildman–Crippen MR) is 105 cm³/mol. The number of nitrogens with one attached hydrogen (secondary N) is 3. The summed E-state index contributed by atoms with van der Waals surface area (Å²) in [5.74, 6) is -0.417. The van der Waals surface area contributed by atoms with Gasteiger partial charge in [0.05, 0.1) is 18.0 Å². The molecule has 3 N–H and O–H groups in total. The monoisotopic (exact) mass is 372 g/mol. The van der Waals surface area contributed by atoms with Gasteiger partial charge in [0.2, 0.25) is 0 Å². The van der Waals surface area contributed by atoms with Crippen molar-refractivity contribution in [2.24, 2.45) is 0 Å². The Morgan fingerprint density at radius 2 is 1.89 bits per heavy atom. The van der Waals surface area contributed by atoms with Crippen molar-refractivity contribution >= 4 is 34.5 Å². The van der Waals surface area contributed by atoms with E-state index in [0.29, 0.717) is 17.0 Å². The molecule has 0 saturated heterocycles. The Kier molecular flexibility index (Phi) is 4.71. The maximum absolute atomic E-state index is 12.8. The highest BCUT2D eigenvalue weighted by atomic mass is 16.3. The van der Waals surface area contributed by atoms with Crippen LogP contribution in [-0.2, 0) is 4.79 Å². The maximum Gasteiger partial charge on any atom is 0.272 e. The van der Waals surface area contributed by atoms with Gasteiger partial charge < -0.3 is 15.1 Å². The number of amides is 2. The molecule has 0 radical (unpaired) electrons. The molecule has 4 aromatic rings. The third-order valence-electron chi connectivity index (χ3n) is 4.06. The number of carbonyl (C=O) groups excluding carboxylic acids is 2. The van der Waals surface area contributed by atoms with Crippen LogP contribution in [0.25, 0.3) is 17.0 Å². The molecule has 2 heterocycles. The van der Waals surface area contributed by atoms with E-state index in [-0.39, 0.29) is 5.70 Å². The largest absolute Gasteiger partial charge is 0.465 e. The molecular weight excluding hydrogens is 356 g/mol. The standard InChI is InChI=1S/C21H16N4O3/c26-20(14-5-2-1-3-6-14)24-19(12-17-7-4-10-28-17)21(27)23-16-9-8-15-13-22-25-18(15)11-16/h1-13H,(H,22,25)(H,23,27)(H,24,26). The number of furan rings is 1. The van der Waals surface area contributed by atoms with E-state index in [1.165, 1.54) is 12.3 Å². The minimum Gasteiger partial charge on any atom is -0.465 e. The normalized spacial score (nSPS) is 11.4. The summed E-state index contributed by atoms with van der Waals surface area (Å²) in [7, 11) is 0. The highest BCUT2D eigenvalue weighted by Crippen LogP contribution is 2.17. The molecule has 0 aliphatic rings. The fraction of sp³-hybridized carbons (Fsp3) is 0. The fourth-order valence-electron chi connectivity index (χ4n) is 2.67. The number of rotatable bonds is 5. The molecule has 2 aromatic heterocycles. The molecule has 2 amide bonds. The Morgan fingerprint density at radius 3 is 2.68 bits per heavy atom. The van der Waals surface area contributed by atoms with Gasteiger partial charge in [0.25, 0.3) is 11.8 Å². The molecule has 7 nitrogen and oxygen atoms in total. The highest BCUT2D eigenvalue weighted by molar-refractivity contribution is 6.10. The number of hydrogen-bond donors (Lipinski definition) is 3. The molecule has 4 rings (SSSR count). The molecule has 0 aliphatic carbocycles. The molecule has 138 valence electrons. The van der Waals surface area contributed by atoms with Crippen molar-refractivity contribution in [1.82, 2.24) is 15.5 Å². The van der Waals surface area contributed by atoms with Gasteiger partial charge >= 0.3 is 0 Å². The number of aromatic nitrogens is 2. The molecule has 28 heavy (non-hydrogen) atoms. The number of nitrogens with zero attached hydrogens (tertiary/aromatic N) is 1. The predicted octanol–water partition coefficient (Wildman–Crippen LogP) is 3.57. The van der Waals surface area contributed by atoms with Crippen LogP contribution in [0.15, 0.2) is 83.2 Å². The lowest BCUT2D eigenvalue weighted by molar-refractivity contribution is -0.113. The first-order chi connectivity index (χ1) is 13.7. The third kappa shape index (κ3) is 3.83. The van der Waals surface area contributed by atoms with Crippen molar-refractivity contribution < 1.29 is 14.0 Å². The summed E-state index contributed by atoms with van der Waals surface area (Å²) in [5.41, 5.74) is 1.87. The van der Waals surface area contributed by atoms with Crippen molar-refractivity contribution in [3.63, 3.8) is 0 Å². The molecule has 0 atom stereocenters. The lowest BCUT2D eigenvalue weighted by atomic mass is 10.2. The number of anilines is 1. The molecule has 0 aliphatic heterocycles. The highest BCUT2D eigenvalue weighted by Gasteiger charge is 2.16. The van der Waals surface area contributed by atoms with Crippen molar-refractivity contribution in [3.8, 4) is 0 Å². The second-order valence-corrected chi connectivity index (χ2v) is 6.02. The van der Waals surface area contributed by atoms with Gasteiger partial charge in [-0.2, -0.15) is 5.10 Å². The summed E-state index contributed by atoms with van der Waals surface area (Å²) in [4.78, 5) is 25.3. The number of carbonyl (C=O) groups is 2. The number of benzene rings is 2. The Labute approximate surface area is 160 Å². The summed E-state index contributed by atoms with van der Waals surface area (Å²) in [6.45, 7) is 0. The van der Waals surface area contributed by atoms with Crippen LogP contribution in [0.2, 0.25) is 0 Å². The van der Waals surface area contributed by atoms with Crippen LogP contribution < -0.4 is 10.6 Å². The van der Waals surface area contributed by atoms with E-state index in [1.807, 2.05) is 12.1 Å². The van der Waals surface area contributed by atoms with Gasteiger partial charge in [-0.1, -0.05) is 18.2 Å². The van der Waals surface area contributed by atoms with Crippen LogP contribution >= 0.6 is 0 Å². The third-order valence-corrected chi connectivity index (χ3v) is 4.06. The first-order valence-electron chi connectivity index (χ1n) is 8.55. The van der Waals surface area contributed by atoms with E-state index in [1.54, 1.807) is 54.7 Å². The van der Waals surface area contributed by atoms with Crippen LogP contribution in [-0.4, -0.2) is 22.0 Å². The zero-order valence-corrected chi connectivity index (χ0v) is 14.7. The van der Waals surface area contributed by atoms with Gasteiger partial charge in [0.1, 0.15) is 11.5 Å². The van der Waals surface area contributed by atoms with E-state index >= 15 is 0 Å². The van der Waals surface area contributed by atoms with Gasteiger partial charge in [-0.15, -0.1) is 0 Å². The van der Waals surface area contributed by atoms with Crippen molar-refractivity contribution in [3.05, 3.63) is 90.1 Å². The smallest absolute Gasteiger partial charge is 0.272 e. The second-order valence-electron chi connectivity index (χ2n) is 6.02. The molecule has 0 spiro atoms. The zero-order valence-electron chi connectivity index (χ0n) is 14.7. The van der Waals surface area contributed by atoms with E-state index in [9.17, 15) is 9.59 Å². The zero-order chi connectivity index (χ0) is 19.3. The Morgan fingerprint density at radius 1 is 1.04 bits per heavy atom. The second kappa shape index (κ2) is 7.63. The average Bonchev–Trinajstić information content (AvgIpc) is 3.39. The Hall–Kier alpha value is -4.13. The molecule has 7 heteroatoms. The lowest BCUT2D eigenvalue weighted by Crippen LogP contribution is -2.30. The SMILES string of the molecule is O=C(Nc1ccc2cn[nH]c2c1)C(=Cc1ccco1)NC(=O)c1ccccc1. The number of hydrogen-bond acceptors (Lipinski definition) is 4. The first-order valence-corrected chi connectivity index (χ1v) is 8.55. The summed E-state index contributed by atoms with van der Waals surface area (Å²) in [5, 5.41) is 13.2. The van der Waals surface area contributed by atoms with E-state index in [0.717, 1.165) is 10.9 Å². The van der Waals surface area contributed by atoms with Gasteiger partial charge in [-0.3, -0.25) is 14.7 Å². The van der Waals surface area contributed by atoms with Gasteiger partial charge in [-0.05, 0) is 42.5 Å². The number of fused-ring (bicyclic) bond motifs is 1. The summed E-state index contributed by atoms with van der Waals surface area (Å²) in [6, 6.07) is 17.4. The van der Waals surface area contributed by atoms with Crippen LogP contribution in [0.1, 0.15) is 16.1 Å². The van der Waals surface area contributed by atoms with Crippen molar-refractivity contribution in [2.75, 3.05) is 5.32 Å². The molecule has 0 unspecified atom stereocenters. The molecular formula is C21H16N4O3. The molecule has 0 saturated carbocycles. The van der Waals surface area contributed by atoms with Crippen LogP contribution in [0.4, 0.5) is 5.69 Å². The summed E-state index contributed by atoms with van der Waals surface area (Å²) >= 11 is 0. The molecule has 0 fully saturated rings. The molecule has 0 bridgehead atoms. The van der Waals surface area contributed by atoms with Crippen LogP contribution in [0, 0.1) is 0 Å². The summed E-state index contributed by atoms with van der Waals surface area (Å²) in [6.07, 6.45) is 4.67. The average molecular weight is 372 g/mol. The van der Waals surface area contributed by atoms with Gasteiger partial charge in [-0.25, -0.2) is 0 Å². The molecule has 2 aromatic carbocycles. The van der Waals surface area contributed by atoms with E-state index in [4.69, 9.17) is 4.42 Å². The van der Waals surface area contributed by atoms with Crippen LogP contribution in [0.5, 0.6) is 0 Å². The van der Waals surface area contributed by atoms with Gasteiger partial charge in [0.15, 0.2) is 0 Å². The topological polar surface area (TPSA) is 100 Å². The summed E-state index contributed by atoms with van der Waals surface area (Å²) < 4.78 is 5.28. The number of H-pyrrole nitrogens is 1. The lowest BCUT2D eigenvalue weighted by Gasteiger charge is -2.11. The number of aromatic amines is 1. The van der Waals surface area contributed by atoms with Crippen molar-refractivity contribution in [1.29, 1.82) is 0 Å². The van der Waals surface area contributed by atoms with Crippen molar-refractivity contribution in [2.45, 2.75) is 0 Å². The van der Waals surface area contributed by atoms with E-state index < -0.39 is 11.8 Å². The minimum absolute atomic E-state index is 0.0634. The van der Waals surface area contributed by atoms with Gasteiger partial charge in [0, 0.05) is 22.7 Å². The van der Waals surface area contributed by atoms with Crippen LogP contribution in [0.3, 0.4) is 0 Å². The quantitative estimate of drug-likeness (QED) is 0.466.